The van der Waals surface area contributed by atoms with Gasteiger partial charge in [0.2, 0.25) is 0 Å². The van der Waals surface area contributed by atoms with Crippen molar-refractivity contribution >= 4 is 11.8 Å². The summed E-state index contributed by atoms with van der Waals surface area (Å²) in [7, 11) is 0. The Morgan fingerprint density at radius 3 is 2.74 bits per heavy atom. The highest BCUT2D eigenvalue weighted by molar-refractivity contribution is 7.98. The van der Waals surface area contributed by atoms with Crippen molar-refractivity contribution < 1.29 is 9.50 Å². The van der Waals surface area contributed by atoms with E-state index in [9.17, 15) is 4.39 Å². The number of rotatable bonds is 3. The number of aliphatic hydroxyl groups excluding tert-OH is 1. The van der Waals surface area contributed by atoms with E-state index in [1.165, 1.54) is 17.8 Å². The molecule has 0 aliphatic heterocycles. The molecule has 96 valence electrons. The van der Waals surface area contributed by atoms with Gasteiger partial charge >= 0.3 is 0 Å². The molecular formula is C16H13FOS. The molecule has 0 unspecified atom stereocenters. The Balaban J connectivity index is 2.06. The first-order valence-electron chi connectivity index (χ1n) is 5.85. The van der Waals surface area contributed by atoms with Crippen LogP contribution in [0.3, 0.4) is 0 Å². The predicted octanol–water partition coefficient (Wildman–Crippen LogP) is 3.46. The molecule has 0 aromatic heterocycles. The fraction of sp³-hybridized carbons (Fsp3) is 0.125. The average Bonchev–Trinajstić information content (AvgIpc) is 2.45. The number of hydrogen-bond acceptors (Lipinski definition) is 2. The molecule has 0 saturated carbocycles. The van der Waals surface area contributed by atoms with E-state index in [1.807, 2.05) is 30.3 Å². The normalized spacial score (nSPS) is 9.79. The molecule has 3 heteroatoms. The third-order valence-corrected chi connectivity index (χ3v) is 3.59. The molecule has 0 aliphatic rings. The van der Waals surface area contributed by atoms with Crippen LogP contribution >= 0.6 is 11.8 Å². The Hall–Kier alpha value is -1.76. The molecule has 0 aliphatic carbocycles. The first-order chi connectivity index (χ1) is 9.29. The van der Waals surface area contributed by atoms with E-state index >= 15 is 0 Å². The number of aliphatic hydroxyl groups is 1. The van der Waals surface area contributed by atoms with Gasteiger partial charge in [-0.3, -0.25) is 0 Å². The van der Waals surface area contributed by atoms with Gasteiger partial charge in [-0.1, -0.05) is 36.1 Å². The maximum atomic E-state index is 13.5. The zero-order valence-corrected chi connectivity index (χ0v) is 11.1. The van der Waals surface area contributed by atoms with Crippen LogP contribution in [0.1, 0.15) is 11.1 Å². The number of halogens is 1. The van der Waals surface area contributed by atoms with Gasteiger partial charge in [0.15, 0.2) is 0 Å². The second-order valence-corrected chi connectivity index (χ2v) is 4.90. The van der Waals surface area contributed by atoms with Crippen molar-refractivity contribution in [2.45, 2.75) is 10.6 Å². The molecule has 0 atom stereocenters. The summed E-state index contributed by atoms with van der Waals surface area (Å²) in [5, 5.41) is 8.66. The van der Waals surface area contributed by atoms with Crippen LogP contribution in [0.4, 0.5) is 4.39 Å². The fourth-order valence-corrected chi connectivity index (χ4v) is 2.49. The van der Waals surface area contributed by atoms with Crippen LogP contribution in [0, 0.1) is 17.7 Å². The Morgan fingerprint density at radius 1 is 1.11 bits per heavy atom. The minimum absolute atomic E-state index is 0.145. The third-order valence-electron chi connectivity index (χ3n) is 2.47. The van der Waals surface area contributed by atoms with Crippen LogP contribution in [0.15, 0.2) is 53.4 Å². The highest BCUT2D eigenvalue weighted by atomic mass is 32.2. The van der Waals surface area contributed by atoms with Crippen LogP contribution in [-0.2, 0) is 5.75 Å². The molecule has 2 aromatic carbocycles. The minimum Gasteiger partial charge on any atom is -0.384 e. The van der Waals surface area contributed by atoms with Crippen LogP contribution in [0.25, 0.3) is 0 Å². The van der Waals surface area contributed by atoms with Gasteiger partial charge in [0, 0.05) is 16.2 Å². The summed E-state index contributed by atoms with van der Waals surface area (Å²) in [5.41, 5.74) is 1.94. The van der Waals surface area contributed by atoms with Crippen molar-refractivity contribution in [1.82, 2.24) is 0 Å². The Morgan fingerprint density at radius 2 is 1.95 bits per heavy atom. The van der Waals surface area contributed by atoms with E-state index in [4.69, 9.17) is 5.11 Å². The van der Waals surface area contributed by atoms with Crippen molar-refractivity contribution in [2.75, 3.05) is 6.61 Å². The third kappa shape index (κ3) is 4.13. The molecule has 2 aromatic rings. The number of thioether (sulfide) groups is 1. The molecule has 0 saturated heterocycles. The molecule has 1 N–H and O–H groups in total. The van der Waals surface area contributed by atoms with Gasteiger partial charge in [0.25, 0.3) is 0 Å². The molecule has 0 bridgehead atoms. The van der Waals surface area contributed by atoms with E-state index in [-0.39, 0.29) is 12.4 Å². The largest absolute Gasteiger partial charge is 0.384 e. The van der Waals surface area contributed by atoms with Gasteiger partial charge in [-0.05, 0) is 29.8 Å². The molecular weight excluding hydrogens is 259 g/mol. The van der Waals surface area contributed by atoms with E-state index < -0.39 is 0 Å². The van der Waals surface area contributed by atoms with Gasteiger partial charge in [-0.2, -0.15) is 0 Å². The molecule has 0 amide bonds. The molecule has 0 heterocycles. The summed E-state index contributed by atoms with van der Waals surface area (Å²) in [6.07, 6.45) is 0. The van der Waals surface area contributed by atoms with Crippen molar-refractivity contribution in [3.8, 4) is 11.8 Å². The first kappa shape index (κ1) is 13.7. The maximum absolute atomic E-state index is 13.5. The average molecular weight is 272 g/mol. The molecule has 0 fully saturated rings. The van der Waals surface area contributed by atoms with Gasteiger partial charge in [0.1, 0.15) is 12.4 Å². The molecule has 2 rings (SSSR count). The van der Waals surface area contributed by atoms with Crippen LogP contribution < -0.4 is 0 Å². The molecule has 0 spiro atoms. The highest BCUT2D eigenvalue weighted by Crippen LogP contribution is 2.25. The summed E-state index contributed by atoms with van der Waals surface area (Å²) < 4.78 is 13.5. The standard InChI is InChI=1S/C16H13FOS/c17-15-8-1-2-9-16(15)19-12-14-6-3-5-13(11-14)7-4-10-18/h1-3,5-6,8-9,11,18H,10,12H2. The lowest BCUT2D eigenvalue weighted by Gasteiger charge is -2.03. The van der Waals surface area contributed by atoms with E-state index in [0.29, 0.717) is 10.6 Å². The second-order valence-electron chi connectivity index (χ2n) is 3.88. The SMILES string of the molecule is OCC#Cc1cccc(CSc2ccccc2F)c1. The van der Waals surface area contributed by atoms with E-state index in [2.05, 4.69) is 11.8 Å². The van der Waals surface area contributed by atoms with Gasteiger partial charge in [-0.15, -0.1) is 11.8 Å². The van der Waals surface area contributed by atoms with E-state index in [1.54, 1.807) is 12.1 Å². The van der Waals surface area contributed by atoms with Crippen molar-refractivity contribution in [3.05, 3.63) is 65.5 Å². The number of benzene rings is 2. The quantitative estimate of drug-likeness (QED) is 0.682. The second kappa shape index (κ2) is 6.98. The Kier molecular flexibility index (Phi) is 5.02. The molecule has 1 nitrogen and oxygen atoms in total. The first-order valence-corrected chi connectivity index (χ1v) is 6.84. The maximum Gasteiger partial charge on any atom is 0.136 e. The fourth-order valence-electron chi connectivity index (χ4n) is 1.60. The van der Waals surface area contributed by atoms with Gasteiger partial charge in [0.05, 0.1) is 0 Å². The summed E-state index contributed by atoms with van der Waals surface area (Å²) in [5.74, 6) is 5.97. The summed E-state index contributed by atoms with van der Waals surface area (Å²) in [6, 6.07) is 14.5. The highest BCUT2D eigenvalue weighted by Gasteiger charge is 2.02. The lowest BCUT2D eigenvalue weighted by Crippen LogP contribution is -1.85. The van der Waals surface area contributed by atoms with Gasteiger partial charge in [-0.25, -0.2) is 4.39 Å². The number of hydrogen-bond donors (Lipinski definition) is 1. The summed E-state index contributed by atoms with van der Waals surface area (Å²) >= 11 is 1.46. The minimum atomic E-state index is -0.191. The van der Waals surface area contributed by atoms with Crippen molar-refractivity contribution in [3.63, 3.8) is 0 Å². The van der Waals surface area contributed by atoms with Crippen LogP contribution in [-0.4, -0.2) is 11.7 Å². The zero-order valence-electron chi connectivity index (χ0n) is 10.3. The Bertz CT molecular complexity index is 613. The smallest absolute Gasteiger partial charge is 0.136 e. The zero-order chi connectivity index (χ0) is 13.5. The predicted molar refractivity (Wildman–Crippen MR) is 76.4 cm³/mol. The van der Waals surface area contributed by atoms with E-state index in [0.717, 1.165) is 11.1 Å². The molecule has 0 radical (unpaired) electrons. The molecule has 19 heavy (non-hydrogen) atoms. The Labute approximate surface area is 116 Å². The van der Waals surface area contributed by atoms with Crippen molar-refractivity contribution in [1.29, 1.82) is 0 Å². The van der Waals surface area contributed by atoms with Gasteiger partial charge < -0.3 is 5.11 Å². The lowest BCUT2D eigenvalue weighted by atomic mass is 10.1. The van der Waals surface area contributed by atoms with Crippen molar-refractivity contribution in [2.24, 2.45) is 0 Å². The summed E-state index contributed by atoms with van der Waals surface area (Å²) in [6.45, 7) is -0.145. The monoisotopic (exact) mass is 272 g/mol. The van der Waals surface area contributed by atoms with Crippen LogP contribution in [0.5, 0.6) is 0 Å². The summed E-state index contributed by atoms with van der Waals surface area (Å²) in [4.78, 5) is 0.648. The lowest BCUT2D eigenvalue weighted by molar-refractivity contribution is 0.350. The topological polar surface area (TPSA) is 20.2 Å². The van der Waals surface area contributed by atoms with Crippen LogP contribution in [0.2, 0.25) is 0 Å².